The molecule has 0 radical (unpaired) electrons. The van der Waals surface area contributed by atoms with E-state index in [0.29, 0.717) is 21.5 Å². The van der Waals surface area contributed by atoms with E-state index in [-0.39, 0.29) is 33.8 Å². The summed E-state index contributed by atoms with van der Waals surface area (Å²) in [6.45, 7) is 0. The molecule has 0 aliphatic carbocycles. The largest absolute Gasteiger partial charge is 0.503 e. The molecule has 9 heteroatoms. The number of rotatable bonds is 4. The molecule has 1 aromatic heterocycles. The summed E-state index contributed by atoms with van der Waals surface area (Å²) in [5.41, 5.74) is 0.570. The molecule has 0 spiro atoms. The lowest BCUT2D eigenvalue weighted by atomic mass is 9.97. The Hall–Kier alpha value is -3.85. The number of phenols is 1. The fourth-order valence-corrected chi connectivity index (χ4v) is 4.65. The number of nitrogens with zero attached hydrogens (tertiary/aromatic N) is 1. The number of aromatic hydroxyl groups is 1. The third-order valence-corrected chi connectivity index (χ3v) is 6.35. The first-order valence-electron chi connectivity index (χ1n) is 10.1. The van der Waals surface area contributed by atoms with Crippen LogP contribution in [0.25, 0.3) is 11.0 Å². The summed E-state index contributed by atoms with van der Waals surface area (Å²) in [5, 5.41) is 10.3. The molecule has 0 saturated heterocycles. The number of carbonyl (C=O) groups excluding carboxylic acids is 1. The van der Waals surface area contributed by atoms with Gasteiger partial charge in [0, 0.05) is 11.8 Å². The van der Waals surface area contributed by atoms with Gasteiger partial charge in [0.1, 0.15) is 17.1 Å². The number of ether oxygens (including phenoxy) is 2. The van der Waals surface area contributed by atoms with E-state index in [1.807, 2.05) is 0 Å². The highest BCUT2D eigenvalue weighted by Gasteiger charge is 2.44. The molecule has 1 amide bonds. The Labute approximate surface area is 201 Å². The number of carbonyl (C=O) groups is 1. The van der Waals surface area contributed by atoms with Gasteiger partial charge < -0.3 is 19.0 Å². The number of anilines is 1. The summed E-state index contributed by atoms with van der Waals surface area (Å²) in [4.78, 5) is 28.6. The van der Waals surface area contributed by atoms with Crippen LogP contribution < -0.4 is 19.8 Å². The Morgan fingerprint density at radius 2 is 1.85 bits per heavy atom. The second-order valence-corrected chi connectivity index (χ2v) is 8.50. The van der Waals surface area contributed by atoms with Crippen LogP contribution in [0.3, 0.4) is 0 Å². The summed E-state index contributed by atoms with van der Waals surface area (Å²) >= 11 is 3.30. The van der Waals surface area contributed by atoms with E-state index in [0.717, 1.165) is 12.1 Å². The van der Waals surface area contributed by atoms with Gasteiger partial charge in [-0.15, -0.1) is 0 Å². The number of benzene rings is 3. The van der Waals surface area contributed by atoms with Crippen molar-refractivity contribution in [2.45, 2.75) is 6.04 Å². The molecule has 7 nitrogen and oxygen atoms in total. The molecule has 4 aromatic rings. The molecule has 172 valence electrons. The van der Waals surface area contributed by atoms with Crippen LogP contribution in [0.4, 0.5) is 10.1 Å². The highest BCUT2D eigenvalue weighted by Crippen LogP contribution is 2.45. The number of amides is 1. The fourth-order valence-electron chi connectivity index (χ4n) is 4.19. The highest BCUT2D eigenvalue weighted by atomic mass is 79.9. The van der Waals surface area contributed by atoms with E-state index < -0.39 is 23.2 Å². The third-order valence-electron chi connectivity index (χ3n) is 5.75. The van der Waals surface area contributed by atoms with E-state index in [2.05, 4.69) is 15.9 Å². The maximum Gasteiger partial charge on any atom is 0.295 e. The van der Waals surface area contributed by atoms with Gasteiger partial charge in [-0.25, -0.2) is 4.39 Å². The standard InChI is InChI=1S/C25H17BrFNO6/c1-32-15-5-3-4-14(11-15)28-21(12-8-17(26)23(30)19(9-12)33-2)20-22(29)16-10-13(27)6-7-18(16)34-24(20)25(28)31/h3-11,21,30H,1-2H3. The van der Waals surface area contributed by atoms with Crippen LogP contribution in [0.2, 0.25) is 0 Å². The van der Waals surface area contributed by atoms with E-state index in [1.54, 1.807) is 30.3 Å². The minimum absolute atomic E-state index is 0.0221. The fraction of sp³-hybridized carbons (Fsp3) is 0.120. The van der Waals surface area contributed by atoms with Crippen molar-refractivity contribution < 1.29 is 28.2 Å². The summed E-state index contributed by atoms with van der Waals surface area (Å²) in [6.07, 6.45) is 0. The number of halogens is 2. The smallest absolute Gasteiger partial charge is 0.295 e. The first-order chi connectivity index (χ1) is 16.3. The first-order valence-corrected chi connectivity index (χ1v) is 10.9. The second kappa shape index (κ2) is 8.18. The Morgan fingerprint density at radius 1 is 1.06 bits per heavy atom. The van der Waals surface area contributed by atoms with Gasteiger partial charge in [-0.2, -0.15) is 0 Å². The van der Waals surface area contributed by atoms with Gasteiger partial charge in [0.05, 0.1) is 35.7 Å². The Morgan fingerprint density at radius 3 is 2.59 bits per heavy atom. The van der Waals surface area contributed by atoms with Crippen molar-refractivity contribution >= 4 is 38.5 Å². The van der Waals surface area contributed by atoms with Crippen molar-refractivity contribution in [3.8, 4) is 17.2 Å². The van der Waals surface area contributed by atoms with Crippen molar-refractivity contribution in [3.63, 3.8) is 0 Å². The molecule has 1 N–H and O–H groups in total. The molecule has 1 aliphatic heterocycles. The average molecular weight is 526 g/mol. The molecule has 0 saturated carbocycles. The van der Waals surface area contributed by atoms with E-state index >= 15 is 0 Å². The van der Waals surface area contributed by atoms with Crippen molar-refractivity contribution in [1.82, 2.24) is 0 Å². The Balaban J connectivity index is 1.84. The minimum Gasteiger partial charge on any atom is -0.503 e. The number of hydrogen-bond donors (Lipinski definition) is 1. The van der Waals surface area contributed by atoms with Crippen molar-refractivity contribution in [1.29, 1.82) is 0 Å². The predicted molar refractivity (Wildman–Crippen MR) is 126 cm³/mol. The Bertz CT molecular complexity index is 1530. The van der Waals surface area contributed by atoms with Crippen LogP contribution in [0.5, 0.6) is 17.2 Å². The molecule has 0 fully saturated rings. The van der Waals surface area contributed by atoms with Gasteiger partial charge in [0.25, 0.3) is 5.91 Å². The maximum absolute atomic E-state index is 14.0. The van der Waals surface area contributed by atoms with Crippen molar-refractivity contribution in [2.75, 3.05) is 19.1 Å². The molecule has 1 unspecified atom stereocenters. The number of hydrogen-bond acceptors (Lipinski definition) is 6. The van der Waals surface area contributed by atoms with Crippen LogP contribution in [0, 0.1) is 5.82 Å². The molecular weight excluding hydrogens is 509 g/mol. The molecule has 1 aliphatic rings. The van der Waals surface area contributed by atoms with Crippen LogP contribution in [-0.2, 0) is 0 Å². The number of methoxy groups -OCH3 is 2. The van der Waals surface area contributed by atoms with E-state index in [1.165, 1.54) is 31.3 Å². The zero-order valence-electron chi connectivity index (χ0n) is 18.0. The van der Waals surface area contributed by atoms with Gasteiger partial charge in [-0.3, -0.25) is 14.5 Å². The monoisotopic (exact) mass is 525 g/mol. The van der Waals surface area contributed by atoms with Gasteiger partial charge in [0.2, 0.25) is 5.76 Å². The SMILES string of the molecule is COc1cccc(N2C(=O)c3oc4ccc(F)cc4c(=O)c3C2c2cc(Br)c(O)c(OC)c2)c1. The summed E-state index contributed by atoms with van der Waals surface area (Å²) in [5.74, 6) is -0.751. The summed E-state index contributed by atoms with van der Waals surface area (Å²) in [6, 6.07) is 12.6. The topological polar surface area (TPSA) is 89.2 Å². The quantitative estimate of drug-likeness (QED) is 0.395. The van der Waals surface area contributed by atoms with E-state index in [4.69, 9.17) is 13.9 Å². The van der Waals surface area contributed by atoms with Crippen LogP contribution in [0.15, 0.2) is 68.3 Å². The lowest BCUT2D eigenvalue weighted by Gasteiger charge is -2.26. The van der Waals surface area contributed by atoms with Gasteiger partial charge in [-0.05, 0) is 64.0 Å². The summed E-state index contributed by atoms with van der Waals surface area (Å²) in [7, 11) is 2.90. The lowest BCUT2D eigenvalue weighted by Crippen LogP contribution is -2.29. The van der Waals surface area contributed by atoms with Crippen molar-refractivity contribution in [2.24, 2.45) is 0 Å². The number of fused-ring (bicyclic) bond motifs is 2. The lowest BCUT2D eigenvalue weighted by molar-refractivity contribution is 0.0971. The van der Waals surface area contributed by atoms with Gasteiger partial charge >= 0.3 is 0 Å². The first kappa shape index (κ1) is 22.0. The van der Waals surface area contributed by atoms with Crippen LogP contribution >= 0.6 is 15.9 Å². The molecule has 5 rings (SSSR count). The molecule has 1 atom stereocenters. The van der Waals surface area contributed by atoms with Crippen molar-refractivity contribution in [3.05, 3.63) is 92.0 Å². The molecule has 34 heavy (non-hydrogen) atoms. The van der Waals surface area contributed by atoms with Gasteiger partial charge in [-0.1, -0.05) is 6.07 Å². The molecular formula is C25H17BrFNO6. The minimum atomic E-state index is -0.940. The Kier molecular flexibility index (Phi) is 5.28. The third kappa shape index (κ3) is 3.31. The summed E-state index contributed by atoms with van der Waals surface area (Å²) < 4.78 is 30.7. The van der Waals surface area contributed by atoms with Gasteiger partial charge in [0.15, 0.2) is 16.9 Å². The zero-order valence-corrected chi connectivity index (χ0v) is 19.6. The number of phenolic OH excluding ortho intramolecular Hbond substituents is 1. The average Bonchev–Trinajstić information content (AvgIpc) is 3.13. The normalized spacial score (nSPS) is 15.0. The van der Waals surface area contributed by atoms with Crippen LogP contribution in [0.1, 0.15) is 27.7 Å². The molecule has 0 bridgehead atoms. The highest BCUT2D eigenvalue weighted by molar-refractivity contribution is 9.10. The second-order valence-electron chi connectivity index (χ2n) is 7.65. The molecule has 2 heterocycles. The predicted octanol–water partition coefficient (Wildman–Crippen LogP) is 5.17. The van der Waals surface area contributed by atoms with Crippen LogP contribution in [-0.4, -0.2) is 25.2 Å². The maximum atomic E-state index is 14.0. The zero-order chi connectivity index (χ0) is 24.1. The van der Waals surface area contributed by atoms with E-state index in [9.17, 15) is 19.1 Å². The molecule has 3 aromatic carbocycles.